The minimum absolute atomic E-state index is 0.0457. The van der Waals surface area contributed by atoms with Gasteiger partial charge >= 0.3 is 5.91 Å². The number of halogens is 2. The second kappa shape index (κ2) is 7.39. The summed E-state index contributed by atoms with van der Waals surface area (Å²) < 4.78 is 0. The second-order valence-electron chi connectivity index (χ2n) is 6.02. The Morgan fingerprint density at radius 1 is 1.07 bits per heavy atom. The van der Waals surface area contributed by atoms with Gasteiger partial charge in [0, 0.05) is 22.2 Å². The zero-order valence-corrected chi connectivity index (χ0v) is 16.5. The highest BCUT2D eigenvalue weighted by Crippen LogP contribution is 2.43. The van der Waals surface area contributed by atoms with E-state index in [0.29, 0.717) is 15.7 Å². The van der Waals surface area contributed by atoms with Gasteiger partial charge in [-0.3, -0.25) is 14.5 Å². The molecule has 0 spiro atoms. The summed E-state index contributed by atoms with van der Waals surface area (Å²) in [4.78, 5) is 31.2. The van der Waals surface area contributed by atoms with E-state index in [-0.39, 0.29) is 21.9 Å². The lowest BCUT2D eigenvalue weighted by Gasteiger charge is -2.23. The van der Waals surface area contributed by atoms with Gasteiger partial charge in [-0.2, -0.15) is 0 Å². The van der Waals surface area contributed by atoms with E-state index in [1.165, 1.54) is 16.2 Å². The van der Waals surface area contributed by atoms with Crippen molar-refractivity contribution in [3.8, 4) is 0 Å². The Kier molecular flexibility index (Phi) is 4.93. The van der Waals surface area contributed by atoms with Crippen molar-refractivity contribution in [1.82, 2.24) is 4.98 Å². The predicted octanol–water partition coefficient (Wildman–Crippen LogP) is 5.08. The lowest BCUT2D eigenvalue weighted by molar-refractivity contribution is -0.132. The highest BCUT2D eigenvalue weighted by Gasteiger charge is 2.48. The van der Waals surface area contributed by atoms with Crippen LogP contribution in [-0.4, -0.2) is 21.8 Å². The molecule has 3 aromatic rings. The van der Waals surface area contributed by atoms with Crippen LogP contribution in [0.1, 0.15) is 17.2 Å². The third-order valence-electron chi connectivity index (χ3n) is 4.38. The summed E-state index contributed by atoms with van der Waals surface area (Å²) in [7, 11) is 0. The molecule has 0 radical (unpaired) electrons. The summed E-state index contributed by atoms with van der Waals surface area (Å²) >= 11 is 13.4. The number of hydrogen-bond acceptors (Lipinski definition) is 5. The summed E-state index contributed by atoms with van der Waals surface area (Å²) in [6, 6.07) is 12.5. The Balaban J connectivity index is 1.96. The average Bonchev–Trinajstić information content (AvgIpc) is 3.30. The Morgan fingerprint density at radius 3 is 2.43 bits per heavy atom. The molecule has 2 aromatic carbocycles. The molecule has 140 valence electrons. The Morgan fingerprint density at radius 2 is 1.79 bits per heavy atom. The molecule has 0 saturated carbocycles. The van der Waals surface area contributed by atoms with Crippen LogP contribution in [0.2, 0.25) is 10.0 Å². The van der Waals surface area contributed by atoms with Crippen molar-refractivity contribution in [3.05, 3.63) is 86.9 Å². The van der Waals surface area contributed by atoms with E-state index in [1.807, 2.05) is 0 Å². The van der Waals surface area contributed by atoms with Crippen molar-refractivity contribution < 1.29 is 14.7 Å². The molecule has 2 heterocycles. The molecule has 1 saturated heterocycles. The number of Topliss-reactive ketones (excluding diaryl/α,β-unsaturated/α-hetero) is 1. The highest BCUT2D eigenvalue weighted by atomic mass is 35.5. The fourth-order valence-electron chi connectivity index (χ4n) is 3.12. The third-order valence-corrected chi connectivity index (χ3v) is 5.74. The molecular weight excluding hydrogens is 419 g/mol. The lowest BCUT2D eigenvalue weighted by atomic mass is 9.95. The number of carbonyl (C=O) groups is 2. The molecule has 4 rings (SSSR count). The number of aromatic nitrogens is 1. The van der Waals surface area contributed by atoms with E-state index in [4.69, 9.17) is 23.2 Å². The van der Waals surface area contributed by atoms with E-state index in [9.17, 15) is 14.7 Å². The van der Waals surface area contributed by atoms with Crippen LogP contribution < -0.4 is 4.90 Å². The average molecular weight is 431 g/mol. The summed E-state index contributed by atoms with van der Waals surface area (Å²) in [5, 5.41) is 13.8. The summed E-state index contributed by atoms with van der Waals surface area (Å²) in [5.74, 6) is -1.89. The SMILES string of the molecule is O=C1C(=O)N(c2nccs2)[C@@H](c2ccc(Cl)cc2)C1=C(O)c1ccccc1Cl. The smallest absolute Gasteiger partial charge is 0.301 e. The maximum absolute atomic E-state index is 12.9. The first kappa shape index (κ1) is 18.7. The number of rotatable bonds is 3. The van der Waals surface area contributed by atoms with E-state index in [0.717, 1.165) is 0 Å². The van der Waals surface area contributed by atoms with Crippen LogP contribution in [-0.2, 0) is 9.59 Å². The topological polar surface area (TPSA) is 70.5 Å². The van der Waals surface area contributed by atoms with Gasteiger partial charge in [0.05, 0.1) is 16.6 Å². The van der Waals surface area contributed by atoms with Crippen molar-refractivity contribution in [2.75, 3.05) is 4.90 Å². The first-order chi connectivity index (χ1) is 13.5. The van der Waals surface area contributed by atoms with Gasteiger partial charge < -0.3 is 5.11 Å². The van der Waals surface area contributed by atoms with Crippen LogP contribution in [0.15, 0.2) is 65.7 Å². The molecule has 0 aliphatic carbocycles. The van der Waals surface area contributed by atoms with E-state index >= 15 is 0 Å². The molecule has 1 aliphatic heterocycles. The highest BCUT2D eigenvalue weighted by molar-refractivity contribution is 7.14. The monoisotopic (exact) mass is 430 g/mol. The number of thiazole rings is 1. The zero-order valence-electron chi connectivity index (χ0n) is 14.2. The molecule has 0 unspecified atom stereocenters. The maximum atomic E-state index is 12.9. The van der Waals surface area contributed by atoms with Gasteiger partial charge in [-0.25, -0.2) is 4.98 Å². The molecule has 28 heavy (non-hydrogen) atoms. The van der Waals surface area contributed by atoms with Crippen LogP contribution in [0.25, 0.3) is 5.76 Å². The van der Waals surface area contributed by atoms with Gasteiger partial charge in [-0.15, -0.1) is 11.3 Å². The number of nitrogens with zero attached hydrogens (tertiary/aromatic N) is 2. The number of hydrogen-bond donors (Lipinski definition) is 1. The fourth-order valence-corrected chi connectivity index (χ4v) is 4.14. The van der Waals surface area contributed by atoms with Crippen LogP contribution in [0.5, 0.6) is 0 Å². The van der Waals surface area contributed by atoms with Gasteiger partial charge in [0.25, 0.3) is 5.78 Å². The van der Waals surface area contributed by atoms with Gasteiger partial charge in [0.1, 0.15) is 5.76 Å². The minimum Gasteiger partial charge on any atom is -0.507 e. The first-order valence-electron chi connectivity index (χ1n) is 8.20. The van der Waals surface area contributed by atoms with Gasteiger partial charge in [0.2, 0.25) is 0 Å². The molecule has 1 atom stereocenters. The number of amides is 1. The third kappa shape index (κ3) is 3.09. The Bertz CT molecular complexity index is 1090. The van der Waals surface area contributed by atoms with E-state index in [1.54, 1.807) is 60.1 Å². The molecule has 5 nitrogen and oxygen atoms in total. The minimum atomic E-state index is -0.848. The summed E-state index contributed by atoms with van der Waals surface area (Å²) in [6.07, 6.45) is 1.55. The number of benzene rings is 2. The maximum Gasteiger partial charge on any atom is 0.301 e. The Hall–Kier alpha value is -2.67. The first-order valence-corrected chi connectivity index (χ1v) is 9.83. The van der Waals surface area contributed by atoms with Crippen molar-refractivity contribution in [3.63, 3.8) is 0 Å². The van der Waals surface area contributed by atoms with Crippen molar-refractivity contribution in [2.24, 2.45) is 0 Å². The largest absolute Gasteiger partial charge is 0.507 e. The molecule has 8 heteroatoms. The van der Waals surface area contributed by atoms with Crippen LogP contribution in [0.4, 0.5) is 5.13 Å². The Labute approximate surface area is 174 Å². The van der Waals surface area contributed by atoms with Crippen LogP contribution >= 0.6 is 34.5 Å². The van der Waals surface area contributed by atoms with E-state index in [2.05, 4.69) is 4.98 Å². The van der Waals surface area contributed by atoms with Crippen LogP contribution in [0.3, 0.4) is 0 Å². The van der Waals surface area contributed by atoms with Crippen molar-refractivity contribution in [1.29, 1.82) is 0 Å². The number of carbonyl (C=O) groups excluding carboxylic acids is 2. The summed E-state index contributed by atoms with van der Waals surface area (Å²) in [6.45, 7) is 0. The molecule has 1 amide bonds. The number of anilines is 1. The second-order valence-corrected chi connectivity index (χ2v) is 7.73. The zero-order chi connectivity index (χ0) is 19.8. The molecule has 1 aromatic heterocycles. The van der Waals surface area contributed by atoms with Gasteiger partial charge in [-0.1, -0.05) is 47.5 Å². The molecule has 0 bridgehead atoms. The number of aliphatic hydroxyl groups excluding tert-OH is 1. The quantitative estimate of drug-likeness (QED) is 0.357. The van der Waals surface area contributed by atoms with Crippen molar-refractivity contribution in [2.45, 2.75) is 6.04 Å². The van der Waals surface area contributed by atoms with E-state index < -0.39 is 17.7 Å². The number of aliphatic hydroxyl groups is 1. The van der Waals surface area contributed by atoms with Crippen molar-refractivity contribution >= 4 is 57.1 Å². The molecule has 1 aliphatic rings. The predicted molar refractivity (Wildman–Crippen MR) is 110 cm³/mol. The lowest BCUT2D eigenvalue weighted by Crippen LogP contribution is -2.29. The molecule has 1 fully saturated rings. The van der Waals surface area contributed by atoms with Gasteiger partial charge in [0.15, 0.2) is 5.13 Å². The molecule has 1 N–H and O–H groups in total. The standard InChI is InChI=1S/C20H12Cl2N2O3S/c21-12-7-5-11(6-8-12)16-15(17(25)13-3-1-2-4-14(13)22)18(26)19(27)24(16)20-23-9-10-28-20/h1-10,16,25H/t16-/m0/s1. The number of ketones is 1. The fraction of sp³-hybridized carbons (Fsp3) is 0.0500. The summed E-state index contributed by atoms with van der Waals surface area (Å²) in [5.41, 5.74) is 0.850. The normalized spacial score (nSPS) is 18.6. The van der Waals surface area contributed by atoms with Gasteiger partial charge in [-0.05, 0) is 29.8 Å². The molecular formula is C20H12Cl2N2O3S. The van der Waals surface area contributed by atoms with Crippen LogP contribution in [0, 0.1) is 0 Å².